The molecule has 3 rings (SSSR count). The zero-order valence-corrected chi connectivity index (χ0v) is 11.7. The topological polar surface area (TPSA) is 28.2 Å². The maximum Gasteiger partial charge on any atom is 0.0726 e. The van der Waals surface area contributed by atoms with E-state index in [1.165, 1.54) is 28.8 Å². The highest BCUT2D eigenvalue weighted by atomic mass is 15.1. The quantitative estimate of drug-likeness (QED) is 0.910. The largest absolute Gasteiger partial charge is 0.383 e. The van der Waals surface area contributed by atoms with Crippen LogP contribution in [-0.2, 0) is 12.8 Å². The molecule has 3 heteroatoms. The molecule has 0 aliphatic heterocycles. The van der Waals surface area contributed by atoms with Gasteiger partial charge in [0.25, 0.3) is 0 Å². The average molecular weight is 255 g/mol. The first-order chi connectivity index (χ1) is 9.25. The van der Waals surface area contributed by atoms with Crippen LogP contribution in [0.2, 0.25) is 0 Å². The predicted octanol–water partition coefficient (Wildman–Crippen LogP) is 2.70. The number of para-hydroxylation sites is 1. The molecule has 0 fully saturated rings. The number of nitrogens with zero attached hydrogens (tertiary/aromatic N) is 2. The van der Waals surface area contributed by atoms with Gasteiger partial charge in [-0.3, -0.25) is 4.98 Å². The molecular weight excluding hydrogens is 234 g/mol. The Balaban J connectivity index is 2.00. The van der Waals surface area contributed by atoms with Gasteiger partial charge in [-0.1, -0.05) is 18.2 Å². The number of aromatic nitrogens is 1. The number of nitrogens with one attached hydrogen (secondary N) is 1. The minimum absolute atomic E-state index is 0.980. The van der Waals surface area contributed by atoms with Crippen LogP contribution in [0.3, 0.4) is 0 Å². The van der Waals surface area contributed by atoms with Crippen molar-refractivity contribution in [1.29, 1.82) is 0 Å². The fourth-order valence-corrected chi connectivity index (χ4v) is 2.82. The Morgan fingerprint density at radius 3 is 2.89 bits per heavy atom. The van der Waals surface area contributed by atoms with Crippen molar-refractivity contribution in [2.75, 3.05) is 32.5 Å². The van der Waals surface area contributed by atoms with Gasteiger partial charge in [-0.05, 0) is 45.0 Å². The Hall–Kier alpha value is -1.61. The normalized spacial score (nSPS) is 14.1. The van der Waals surface area contributed by atoms with Crippen LogP contribution in [0.4, 0.5) is 5.69 Å². The second-order valence-electron chi connectivity index (χ2n) is 5.51. The Morgan fingerprint density at radius 1 is 1.21 bits per heavy atom. The SMILES string of the molecule is CN(C)CCNc1c2c(nc3ccccc13)CCC2. The smallest absolute Gasteiger partial charge is 0.0726 e. The minimum atomic E-state index is 0.980. The highest BCUT2D eigenvalue weighted by Crippen LogP contribution is 2.33. The van der Waals surface area contributed by atoms with Crippen molar-refractivity contribution < 1.29 is 0 Å². The summed E-state index contributed by atoms with van der Waals surface area (Å²) in [6.07, 6.45) is 3.53. The van der Waals surface area contributed by atoms with Crippen LogP contribution in [0.1, 0.15) is 17.7 Å². The van der Waals surface area contributed by atoms with E-state index in [-0.39, 0.29) is 0 Å². The average Bonchev–Trinajstić information content (AvgIpc) is 2.85. The van der Waals surface area contributed by atoms with Gasteiger partial charge in [0.15, 0.2) is 0 Å². The Bertz CT molecular complexity index is 590. The zero-order chi connectivity index (χ0) is 13.2. The molecule has 0 atom stereocenters. The number of fused-ring (bicyclic) bond motifs is 2. The molecule has 0 amide bonds. The summed E-state index contributed by atoms with van der Waals surface area (Å²) in [5.74, 6) is 0. The fourth-order valence-electron chi connectivity index (χ4n) is 2.82. The molecule has 1 heterocycles. The molecule has 1 aromatic carbocycles. The second kappa shape index (κ2) is 5.17. The third-order valence-corrected chi connectivity index (χ3v) is 3.78. The summed E-state index contributed by atoms with van der Waals surface area (Å²) in [6.45, 7) is 2.03. The van der Waals surface area contributed by atoms with Crippen LogP contribution in [0.25, 0.3) is 10.9 Å². The Morgan fingerprint density at radius 2 is 2.05 bits per heavy atom. The van der Waals surface area contributed by atoms with E-state index in [2.05, 4.69) is 48.6 Å². The van der Waals surface area contributed by atoms with Crippen LogP contribution in [0.5, 0.6) is 0 Å². The summed E-state index contributed by atoms with van der Waals surface area (Å²) in [7, 11) is 4.22. The van der Waals surface area contributed by atoms with Crippen molar-refractivity contribution in [1.82, 2.24) is 9.88 Å². The lowest BCUT2D eigenvalue weighted by Crippen LogP contribution is -2.21. The lowest BCUT2D eigenvalue weighted by atomic mass is 10.1. The van der Waals surface area contributed by atoms with Gasteiger partial charge in [0, 0.05) is 29.9 Å². The fraction of sp³-hybridized carbons (Fsp3) is 0.438. The van der Waals surface area contributed by atoms with Gasteiger partial charge in [0.1, 0.15) is 0 Å². The van der Waals surface area contributed by atoms with E-state index < -0.39 is 0 Å². The molecule has 1 aromatic heterocycles. The van der Waals surface area contributed by atoms with Gasteiger partial charge in [-0.15, -0.1) is 0 Å². The number of likely N-dealkylation sites (N-methyl/N-ethyl adjacent to an activating group) is 1. The molecule has 0 spiro atoms. The molecule has 0 saturated heterocycles. The van der Waals surface area contributed by atoms with Gasteiger partial charge < -0.3 is 10.2 Å². The Kier molecular flexibility index (Phi) is 3.38. The lowest BCUT2D eigenvalue weighted by Gasteiger charge is -2.16. The molecule has 19 heavy (non-hydrogen) atoms. The summed E-state index contributed by atoms with van der Waals surface area (Å²) in [5, 5.41) is 4.90. The summed E-state index contributed by atoms with van der Waals surface area (Å²) >= 11 is 0. The third kappa shape index (κ3) is 2.43. The van der Waals surface area contributed by atoms with E-state index in [9.17, 15) is 0 Å². The van der Waals surface area contributed by atoms with Crippen molar-refractivity contribution in [2.24, 2.45) is 0 Å². The van der Waals surface area contributed by atoms with Crippen LogP contribution >= 0.6 is 0 Å². The van der Waals surface area contributed by atoms with E-state index >= 15 is 0 Å². The van der Waals surface area contributed by atoms with E-state index in [0.717, 1.165) is 31.4 Å². The molecule has 2 aromatic rings. The number of rotatable bonds is 4. The molecular formula is C16H21N3. The maximum atomic E-state index is 4.81. The van der Waals surface area contributed by atoms with Crippen LogP contribution in [-0.4, -0.2) is 37.1 Å². The van der Waals surface area contributed by atoms with Crippen LogP contribution in [0.15, 0.2) is 24.3 Å². The van der Waals surface area contributed by atoms with Crippen molar-refractivity contribution in [3.8, 4) is 0 Å². The first kappa shape index (κ1) is 12.4. The lowest BCUT2D eigenvalue weighted by molar-refractivity contribution is 0.425. The summed E-state index contributed by atoms with van der Waals surface area (Å²) in [6, 6.07) is 8.47. The van der Waals surface area contributed by atoms with Gasteiger partial charge in [-0.2, -0.15) is 0 Å². The molecule has 1 aliphatic carbocycles. The monoisotopic (exact) mass is 255 g/mol. The molecule has 1 N–H and O–H groups in total. The third-order valence-electron chi connectivity index (χ3n) is 3.78. The Labute approximate surface area is 114 Å². The maximum absolute atomic E-state index is 4.81. The van der Waals surface area contributed by atoms with E-state index in [1.54, 1.807) is 0 Å². The number of pyridine rings is 1. The number of hydrogen-bond donors (Lipinski definition) is 1. The van der Waals surface area contributed by atoms with Gasteiger partial charge in [0.05, 0.1) is 5.52 Å². The molecule has 0 unspecified atom stereocenters. The second-order valence-corrected chi connectivity index (χ2v) is 5.51. The zero-order valence-electron chi connectivity index (χ0n) is 11.7. The minimum Gasteiger partial charge on any atom is -0.383 e. The van der Waals surface area contributed by atoms with Crippen LogP contribution in [0, 0.1) is 0 Å². The highest BCUT2D eigenvalue weighted by Gasteiger charge is 2.18. The number of aryl methyl sites for hydroxylation is 1. The highest BCUT2D eigenvalue weighted by molar-refractivity contribution is 5.93. The molecule has 0 bridgehead atoms. The number of benzene rings is 1. The summed E-state index contributed by atoms with van der Waals surface area (Å²) in [5.41, 5.74) is 5.18. The van der Waals surface area contributed by atoms with Crippen LogP contribution < -0.4 is 5.32 Å². The predicted molar refractivity (Wildman–Crippen MR) is 80.8 cm³/mol. The van der Waals surface area contributed by atoms with E-state index in [0.29, 0.717) is 0 Å². The van der Waals surface area contributed by atoms with Crippen molar-refractivity contribution in [2.45, 2.75) is 19.3 Å². The molecule has 0 radical (unpaired) electrons. The summed E-state index contributed by atoms with van der Waals surface area (Å²) < 4.78 is 0. The standard InChI is InChI=1S/C16H21N3/c1-19(2)11-10-17-16-12-6-3-4-8-14(12)18-15-9-5-7-13(15)16/h3-4,6,8H,5,7,9-11H2,1-2H3,(H,17,18). The number of hydrogen-bond acceptors (Lipinski definition) is 3. The van der Waals surface area contributed by atoms with E-state index in [4.69, 9.17) is 4.98 Å². The van der Waals surface area contributed by atoms with Gasteiger partial charge in [0.2, 0.25) is 0 Å². The first-order valence-electron chi connectivity index (χ1n) is 7.05. The van der Waals surface area contributed by atoms with Crippen molar-refractivity contribution >= 4 is 16.6 Å². The summed E-state index contributed by atoms with van der Waals surface area (Å²) in [4.78, 5) is 7.01. The first-order valence-corrected chi connectivity index (χ1v) is 7.05. The van der Waals surface area contributed by atoms with E-state index in [1.807, 2.05) is 0 Å². The van der Waals surface area contributed by atoms with Gasteiger partial charge >= 0.3 is 0 Å². The molecule has 1 aliphatic rings. The van der Waals surface area contributed by atoms with Crippen molar-refractivity contribution in [3.63, 3.8) is 0 Å². The van der Waals surface area contributed by atoms with Gasteiger partial charge in [-0.25, -0.2) is 0 Å². The molecule has 3 nitrogen and oxygen atoms in total. The number of anilines is 1. The molecule has 100 valence electrons. The van der Waals surface area contributed by atoms with Crippen molar-refractivity contribution in [3.05, 3.63) is 35.5 Å². The molecule has 0 saturated carbocycles.